The second-order valence-electron chi connectivity index (χ2n) is 3.53. The number of likely N-dealkylation sites (tertiary alicyclic amines) is 1. The molecule has 2 nitrogen and oxygen atoms in total. The molecule has 2 aliphatic heterocycles. The molecule has 0 saturated carbocycles. The maximum Gasteiger partial charge on any atom is 0.000248 e. The van der Waals surface area contributed by atoms with Gasteiger partial charge >= 0.3 is 0 Å². The Labute approximate surface area is 76.6 Å². The van der Waals surface area contributed by atoms with E-state index in [1.165, 1.54) is 19.5 Å². The summed E-state index contributed by atoms with van der Waals surface area (Å²) in [5.41, 5.74) is 0.648. The molecule has 58 valence electrons. The van der Waals surface area contributed by atoms with Gasteiger partial charge < -0.3 is 10.2 Å². The number of rotatable bonds is 0. The normalized spacial score (nSPS) is 29.7. The Kier molecular flexibility index (Phi) is 2.54. The van der Waals surface area contributed by atoms with Crippen LogP contribution in [-0.4, -0.2) is 38.1 Å². The van der Waals surface area contributed by atoms with Gasteiger partial charge in [-0.2, -0.15) is 0 Å². The van der Waals surface area contributed by atoms with Crippen LogP contribution in [0.3, 0.4) is 0 Å². The second kappa shape index (κ2) is 2.92. The maximum atomic E-state index is 4.26. The Bertz CT molecular complexity index is 123. The minimum absolute atomic E-state index is 0. The summed E-state index contributed by atoms with van der Waals surface area (Å²) < 4.78 is 0. The van der Waals surface area contributed by atoms with Crippen LogP contribution in [0.4, 0.5) is 0 Å². The molecule has 0 radical (unpaired) electrons. The van der Waals surface area contributed by atoms with Crippen LogP contribution in [0.1, 0.15) is 6.42 Å². The minimum Gasteiger partial charge on any atom is -0.661 e. The van der Waals surface area contributed by atoms with Crippen LogP contribution < -0.4 is 0 Å². The molecule has 0 aromatic carbocycles. The average molecular weight is 309 g/mol. The Hall–Kier alpha value is 0.608. The predicted octanol–water partition coefficient (Wildman–Crippen LogP) is 0.693. The van der Waals surface area contributed by atoms with Crippen molar-refractivity contribution in [2.75, 3.05) is 33.2 Å². The summed E-state index contributed by atoms with van der Waals surface area (Å²) in [6.45, 7) is 4.85. The molecule has 0 N–H and O–H groups in total. The zero-order valence-corrected chi connectivity index (χ0v) is 9.27. The van der Waals surface area contributed by atoms with Crippen LogP contribution in [-0.2, 0) is 21.1 Å². The molecule has 3 heteroatoms. The van der Waals surface area contributed by atoms with Crippen molar-refractivity contribution in [2.24, 2.45) is 5.41 Å². The van der Waals surface area contributed by atoms with Gasteiger partial charge in [0.15, 0.2) is 0 Å². The van der Waals surface area contributed by atoms with Gasteiger partial charge in [-0.25, -0.2) is 0 Å². The summed E-state index contributed by atoms with van der Waals surface area (Å²) in [7, 11) is 2.20. The van der Waals surface area contributed by atoms with Crippen molar-refractivity contribution < 1.29 is 21.1 Å². The van der Waals surface area contributed by atoms with Gasteiger partial charge in [-0.1, -0.05) is 5.41 Å². The summed E-state index contributed by atoms with van der Waals surface area (Å²) in [5.74, 6) is 0. The molecule has 2 fully saturated rings. The zero-order chi connectivity index (χ0) is 6.32. The van der Waals surface area contributed by atoms with Crippen LogP contribution in [0.15, 0.2) is 0 Å². The van der Waals surface area contributed by atoms with Gasteiger partial charge in [-0.05, 0) is 20.0 Å². The molecule has 0 aromatic rings. The van der Waals surface area contributed by atoms with E-state index in [9.17, 15) is 0 Å². The topological polar surface area (TPSA) is 17.3 Å². The molecule has 0 aliphatic carbocycles. The fourth-order valence-electron chi connectivity index (χ4n) is 1.84. The van der Waals surface area contributed by atoms with Gasteiger partial charge in [-0.3, -0.25) is 0 Å². The third-order valence-electron chi connectivity index (χ3n) is 2.52. The van der Waals surface area contributed by atoms with Gasteiger partial charge in [0.2, 0.25) is 0 Å². The molecule has 2 rings (SSSR count). The van der Waals surface area contributed by atoms with Crippen molar-refractivity contribution in [1.29, 1.82) is 0 Å². The summed E-state index contributed by atoms with van der Waals surface area (Å²) in [5, 5.41) is 4.26. The Morgan fingerprint density at radius 3 is 2.30 bits per heavy atom. The second-order valence-corrected chi connectivity index (χ2v) is 3.53. The maximum absolute atomic E-state index is 4.26. The average Bonchev–Trinajstić information content (AvgIpc) is 2.09. The first-order chi connectivity index (χ1) is 4.31. The van der Waals surface area contributed by atoms with Crippen LogP contribution in [0.2, 0.25) is 0 Å². The first-order valence-electron chi connectivity index (χ1n) is 3.63. The van der Waals surface area contributed by atoms with E-state index in [-0.39, 0.29) is 21.1 Å². The van der Waals surface area contributed by atoms with E-state index in [0.717, 1.165) is 13.1 Å². The van der Waals surface area contributed by atoms with Crippen LogP contribution in [0, 0.1) is 5.41 Å². The standard InChI is InChI=1S/C7H13N2.W/c1-9-3-2-7(6-9)4-8-5-7;/h2-6H2,1H3;/q-1;. The molecule has 2 heterocycles. The fourth-order valence-corrected chi connectivity index (χ4v) is 1.84. The van der Waals surface area contributed by atoms with E-state index in [0.29, 0.717) is 5.41 Å². The van der Waals surface area contributed by atoms with Crippen LogP contribution in [0.25, 0.3) is 5.32 Å². The molecule has 10 heavy (non-hydrogen) atoms. The Morgan fingerprint density at radius 1 is 1.40 bits per heavy atom. The largest absolute Gasteiger partial charge is 0.661 e. The van der Waals surface area contributed by atoms with E-state index in [1.54, 1.807) is 0 Å². The van der Waals surface area contributed by atoms with Crippen molar-refractivity contribution in [3.05, 3.63) is 5.32 Å². The summed E-state index contributed by atoms with van der Waals surface area (Å²) in [4.78, 5) is 2.41. The Balaban J connectivity index is 0.000000500. The molecular formula is C7H13N2W-. The smallest absolute Gasteiger partial charge is 0.000248 e. The number of hydrogen-bond acceptors (Lipinski definition) is 1. The van der Waals surface area contributed by atoms with Gasteiger partial charge in [-0.15, -0.1) is 13.1 Å². The molecule has 2 aliphatic rings. The number of nitrogens with zero attached hydrogens (tertiary/aromatic N) is 2. The zero-order valence-electron chi connectivity index (χ0n) is 6.34. The Morgan fingerprint density at radius 2 is 2.10 bits per heavy atom. The van der Waals surface area contributed by atoms with E-state index in [2.05, 4.69) is 17.3 Å². The fraction of sp³-hybridized carbons (Fsp3) is 1.00. The third-order valence-corrected chi connectivity index (χ3v) is 2.52. The third kappa shape index (κ3) is 1.30. The quantitative estimate of drug-likeness (QED) is 0.644. The van der Waals surface area contributed by atoms with Gasteiger partial charge in [0.05, 0.1) is 0 Å². The van der Waals surface area contributed by atoms with Crippen molar-refractivity contribution in [1.82, 2.24) is 4.90 Å². The monoisotopic (exact) mass is 309 g/mol. The first-order valence-corrected chi connectivity index (χ1v) is 3.63. The van der Waals surface area contributed by atoms with Crippen LogP contribution >= 0.6 is 0 Å². The minimum atomic E-state index is 0. The van der Waals surface area contributed by atoms with Crippen molar-refractivity contribution in [3.63, 3.8) is 0 Å². The van der Waals surface area contributed by atoms with Crippen molar-refractivity contribution in [2.45, 2.75) is 6.42 Å². The molecule has 0 aromatic heterocycles. The van der Waals surface area contributed by atoms with Gasteiger partial charge in [0.1, 0.15) is 0 Å². The van der Waals surface area contributed by atoms with Gasteiger partial charge in [0.25, 0.3) is 0 Å². The molecular weight excluding hydrogens is 296 g/mol. The summed E-state index contributed by atoms with van der Waals surface area (Å²) >= 11 is 0. The van der Waals surface area contributed by atoms with Crippen molar-refractivity contribution >= 4 is 0 Å². The molecule has 0 unspecified atom stereocenters. The SMILES string of the molecule is CN1CCC2(C[N-]C2)C1.[W]. The first kappa shape index (κ1) is 8.70. The van der Waals surface area contributed by atoms with E-state index < -0.39 is 0 Å². The van der Waals surface area contributed by atoms with E-state index in [1.807, 2.05) is 0 Å². The van der Waals surface area contributed by atoms with Gasteiger partial charge in [0, 0.05) is 27.6 Å². The van der Waals surface area contributed by atoms with Crippen LogP contribution in [0.5, 0.6) is 0 Å². The predicted molar refractivity (Wildman–Crippen MR) is 37.6 cm³/mol. The van der Waals surface area contributed by atoms with E-state index in [4.69, 9.17) is 0 Å². The molecule has 0 atom stereocenters. The van der Waals surface area contributed by atoms with Crippen molar-refractivity contribution in [3.8, 4) is 0 Å². The summed E-state index contributed by atoms with van der Waals surface area (Å²) in [6.07, 6.45) is 1.38. The molecule has 1 spiro atoms. The molecule has 0 amide bonds. The summed E-state index contributed by atoms with van der Waals surface area (Å²) in [6, 6.07) is 0. The molecule has 2 saturated heterocycles. The van der Waals surface area contributed by atoms with E-state index >= 15 is 0 Å². The molecule has 0 bridgehead atoms. The number of hydrogen-bond donors (Lipinski definition) is 0.